The van der Waals surface area contributed by atoms with E-state index in [1.54, 1.807) is 24.3 Å². The first-order valence-electron chi connectivity index (χ1n) is 3.48. The van der Waals surface area contributed by atoms with Gasteiger partial charge in [-0.1, -0.05) is 18.2 Å². The van der Waals surface area contributed by atoms with Crippen molar-refractivity contribution in [3.05, 3.63) is 24.3 Å². The Bertz CT molecular complexity index is 352. The van der Waals surface area contributed by atoms with Gasteiger partial charge in [0.15, 0.2) is 5.41 Å². The summed E-state index contributed by atoms with van der Waals surface area (Å²) in [6, 6.07) is 0. The van der Waals surface area contributed by atoms with Gasteiger partial charge >= 0.3 is 5.97 Å². The number of carbonyl (C=O) groups is 1. The van der Waals surface area contributed by atoms with Crippen LogP contribution in [-0.4, -0.2) is 23.0 Å². The van der Waals surface area contributed by atoms with Crippen LogP contribution in [0.2, 0.25) is 0 Å². The van der Waals surface area contributed by atoms with Crippen LogP contribution in [0, 0.1) is 5.41 Å². The van der Waals surface area contributed by atoms with Crippen LogP contribution in [0.4, 0.5) is 0 Å². The molecule has 0 aromatic rings. The summed E-state index contributed by atoms with van der Waals surface area (Å²) >= 11 is 0. The van der Waals surface area contributed by atoms with Gasteiger partial charge in [-0.15, -0.1) is 0 Å². The molecule has 1 aliphatic carbocycles. The van der Waals surface area contributed by atoms with Crippen LogP contribution in [0.15, 0.2) is 34.5 Å². The molecule has 2 rings (SSSR count). The Kier molecular flexibility index (Phi) is 1.24. The predicted molar refractivity (Wildman–Crippen MR) is 44.3 cm³/mol. The molecule has 4 heteroatoms. The molecule has 4 nitrogen and oxygen atoms in total. The minimum Gasteiger partial charge on any atom is -0.480 e. The second kappa shape index (κ2) is 2.14. The van der Waals surface area contributed by atoms with Gasteiger partial charge in [0.05, 0.1) is 11.9 Å². The zero-order chi connectivity index (χ0) is 8.60. The Hall–Kier alpha value is -1.71. The molecule has 12 heavy (non-hydrogen) atoms. The van der Waals surface area contributed by atoms with Crippen molar-refractivity contribution in [2.75, 3.05) is 0 Å². The first-order valence-corrected chi connectivity index (χ1v) is 3.48. The molecular formula is C8H6N2O2. The molecule has 60 valence electrons. The fourth-order valence-electron chi connectivity index (χ4n) is 1.22. The standard InChI is InChI=1S/C8H6N2O2/c11-7(12)8-4-2-1-3-6(8)10-9-5-8/h1-5H,(H,11,12). The largest absolute Gasteiger partial charge is 0.480 e. The van der Waals surface area contributed by atoms with E-state index >= 15 is 0 Å². The van der Waals surface area contributed by atoms with E-state index in [2.05, 4.69) is 10.2 Å². The number of carboxylic acids is 1. The quantitative estimate of drug-likeness (QED) is 0.614. The lowest BCUT2D eigenvalue weighted by atomic mass is 9.82. The fourth-order valence-corrected chi connectivity index (χ4v) is 1.22. The minimum absolute atomic E-state index is 0.470. The van der Waals surface area contributed by atoms with Gasteiger partial charge in [-0.3, -0.25) is 4.79 Å². The molecule has 0 aromatic heterocycles. The molecule has 1 atom stereocenters. The summed E-state index contributed by atoms with van der Waals surface area (Å²) < 4.78 is 0. The third kappa shape index (κ3) is 0.689. The van der Waals surface area contributed by atoms with Gasteiger partial charge in [0.25, 0.3) is 0 Å². The Morgan fingerprint density at radius 2 is 2.33 bits per heavy atom. The smallest absolute Gasteiger partial charge is 0.325 e. The van der Waals surface area contributed by atoms with Crippen molar-refractivity contribution in [2.45, 2.75) is 0 Å². The zero-order valence-electron chi connectivity index (χ0n) is 6.14. The van der Waals surface area contributed by atoms with Gasteiger partial charge in [0.2, 0.25) is 0 Å². The summed E-state index contributed by atoms with van der Waals surface area (Å²) in [5.41, 5.74) is -0.633. The van der Waals surface area contributed by atoms with Gasteiger partial charge in [-0.05, 0) is 6.08 Å². The maximum atomic E-state index is 10.9. The van der Waals surface area contributed by atoms with Crippen molar-refractivity contribution in [3.63, 3.8) is 0 Å². The molecule has 2 aliphatic rings. The Labute approximate surface area is 68.6 Å². The van der Waals surface area contributed by atoms with Crippen molar-refractivity contribution in [1.82, 2.24) is 0 Å². The van der Waals surface area contributed by atoms with Crippen LogP contribution in [0.1, 0.15) is 0 Å². The van der Waals surface area contributed by atoms with E-state index in [0.717, 1.165) is 0 Å². The normalized spacial score (nSPS) is 30.2. The Balaban J connectivity index is 2.54. The lowest BCUT2D eigenvalue weighted by molar-refractivity contribution is -0.139. The van der Waals surface area contributed by atoms with Crippen LogP contribution < -0.4 is 0 Å². The highest BCUT2D eigenvalue weighted by atomic mass is 16.4. The van der Waals surface area contributed by atoms with E-state index in [-0.39, 0.29) is 0 Å². The van der Waals surface area contributed by atoms with Crippen LogP contribution in [0.25, 0.3) is 0 Å². The van der Waals surface area contributed by atoms with E-state index in [4.69, 9.17) is 5.11 Å². The first-order chi connectivity index (χ1) is 5.76. The number of rotatable bonds is 1. The summed E-state index contributed by atoms with van der Waals surface area (Å²) in [6.45, 7) is 0. The maximum absolute atomic E-state index is 10.9. The first kappa shape index (κ1) is 6.97. The van der Waals surface area contributed by atoms with Crippen molar-refractivity contribution in [3.8, 4) is 0 Å². The molecule has 0 aromatic carbocycles. The van der Waals surface area contributed by atoms with E-state index in [9.17, 15) is 4.79 Å². The van der Waals surface area contributed by atoms with Gasteiger partial charge in [-0.25, -0.2) is 0 Å². The average molecular weight is 162 g/mol. The molecule has 1 unspecified atom stereocenters. The van der Waals surface area contributed by atoms with E-state index in [1.165, 1.54) is 6.21 Å². The highest BCUT2D eigenvalue weighted by Gasteiger charge is 2.42. The Morgan fingerprint density at radius 1 is 1.50 bits per heavy atom. The summed E-state index contributed by atoms with van der Waals surface area (Å²) in [7, 11) is 0. The summed E-state index contributed by atoms with van der Waals surface area (Å²) in [5.74, 6) is -0.942. The van der Waals surface area contributed by atoms with Crippen LogP contribution in [0.5, 0.6) is 0 Å². The molecule has 0 fully saturated rings. The molecule has 1 aliphatic heterocycles. The second-order valence-corrected chi connectivity index (χ2v) is 2.62. The monoisotopic (exact) mass is 162 g/mol. The number of aliphatic carboxylic acids is 1. The lowest BCUT2D eigenvalue weighted by Gasteiger charge is -2.18. The number of fused-ring (bicyclic) bond motifs is 1. The molecule has 0 bridgehead atoms. The number of allylic oxidation sites excluding steroid dienone is 3. The number of hydrogen-bond acceptors (Lipinski definition) is 3. The molecular weight excluding hydrogens is 156 g/mol. The van der Waals surface area contributed by atoms with Crippen LogP contribution >= 0.6 is 0 Å². The maximum Gasteiger partial charge on any atom is 0.325 e. The summed E-state index contributed by atoms with van der Waals surface area (Å²) in [4.78, 5) is 10.9. The molecule has 1 heterocycles. The third-order valence-electron chi connectivity index (χ3n) is 1.93. The topological polar surface area (TPSA) is 62.0 Å². The molecule has 0 radical (unpaired) electrons. The van der Waals surface area contributed by atoms with E-state index in [1.807, 2.05) is 0 Å². The fraction of sp³-hybridized carbons (Fsp3) is 0.125. The zero-order valence-corrected chi connectivity index (χ0v) is 6.14. The van der Waals surface area contributed by atoms with Crippen LogP contribution in [-0.2, 0) is 4.79 Å². The minimum atomic E-state index is -1.10. The lowest BCUT2D eigenvalue weighted by Crippen LogP contribution is -2.36. The van der Waals surface area contributed by atoms with Crippen molar-refractivity contribution in [2.24, 2.45) is 15.6 Å². The van der Waals surface area contributed by atoms with E-state index < -0.39 is 11.4 Å². The molecule has 0 saturated heterocycles. The SMILES string of the molecule is O=C(O)C12C=CC=CC1=NN=C2. The number of hydrogen-bond donors (Lipinski definition) is 1. The highest BCUT2D eigenvalue weighted by molar-refractivity contribution is 6.26. The van der Waals surface area contributed by atoms with E-state index in [0.29, 0.717) is 5.71 Å². The van der Waals surface area contributed by atoms with Gasteiger partial charge in [0, 0.05) is 0 Å². The average Bonchev–Trinajstić information content (AvgIpc) is 2.48. The third-order valence-corrected chi connectivity index (χ3v) is 1.93. The Morgan fingerprint density at radius 3 is 3.00 bits per heavy atom. The van der Waals surface area contributed by atoms with Gasteiger partial charge < -0.3 is 5.11 Å². The summed E-state index contributed by atoms with van der Waals surface area (Å²) in [5, 5.41) is 16.3. The number of nitrogens with zero attached hydrogens (tertiary/aromatic N) is 2. The van der Waals surface area contributed by atoms with Crippen molar-refractivity contribution in [1.29, 1.82) is 0 Å². The van der Waals surface area contributed by atoms with Crippen molar-refractivity contribution >= 4 is 17.9 Å². The predicted octanol–water partition coefficient (Wildman–Crippen LogP) is 0.624. The summed E-state index contributed by atoms with van der Waals surface area (Å²) in [6.07, 6.45) is 8.00. The highest BCUT2D eigenvalue weighted by Crippen LogP contribution is 2.27. The van der Waals surface area contributed by atoms with Crippen molar-refractivity contribution < 1.29 is 9.90 Å². The second-order valence-electron chi connectivity index (χ2n) is 2.62. The van der Waals surface area contributed by atoms with Gasteiger partial charge in [0.1, 0.15) is 0 Å². The van der Waals surface area contributed by atoms with Gasteiger partial charge in [-0.2, -0.15) is 10.2 Å². The van der Waals surface area contributed by atoms with Crippen LogP contribution in [0.3, 0.4) is 0 Å². The molecule has 1 N–H and O–H groups in total. The molecule has 0 saturated carbocycles. The molecule has 0 spiro atoms. The number of carboxylic acid groups (broad SMARTS) is 1. The molecule has 0 amide bonds.